The maximum atomic E-state index is 13.3. The number of methoxy groups -OCH3 is 1. The molecule has 0 radical (unpaired) electrons. The maximum Gasteiger partial charge on any atom is 0.229 e. The summed E-state index contributed by atoms with van der Waals surface area (Å²) < 4.78 is 5.53. The fourth-order valence-corrected chi connectivity index (χ4v) is 4.79. The Morgan fingerprint density at radius 3 is 2.41 bits per heavy atom. The minimum absolute atomic E-state index is 0.207. The van der Waals surface area contributed by atoms with Gasteiger partial charge in [0.25, 0.3) is 0 Å². The first-order chi connectivity index (χ1) is 15.5. The second-order valence-corrected chi connectivity index (χ2v) is 8.86. The molecule has 0 saturated carbocycles. The quantitative estimate of drug-likeness (QED) is 0.562. The highest BCUT2D eigenvalue weighted by Gasteiger charge is 2.45. The Hall–Kier alpha value is -3.18. The third kappa shape index (κ3) is 4.68. The van der Waals surface area contributed by atoms with E-state index >= 15 is 0 Å². The number of carbonyl (C=O) groups excluding carboxylic acids is 1. The van der Waals surface area contributed by atoms with Crippen molar-refractivity contribution in [3.8, 4) is 16.9 Å². The number of amides is 1. The summed E-state index contributed by atoms with van der Waals surface area (Å²) in [5, 5.41) is 0. The summed E-state index contributed by atoms with van der Waals surface area (Å²) in [6, 6.07) is 20.7. The number of carbonyl (C=O) groups is 1. The molecule has 1 saturated heterocycles. The van der Waals surface area contributed by atoms with Crippen molar-refractivity contribution in [2.24, 2.45) is 5.41 Å². The van der Waals surface area contributed by atoms with Crippen LogP contribution in [0.3, 0.4) is 0 Å². The van der Waals surface area contributed by atoms with Crippen LogP contribution in [0.5, 0.6) is 5.75 Å². The second kappa shape index (κ2) is 9.53. The van der Waals surface area contributed by atoms with Crippen molar-refractivity contribution in [1.29, 1.82) is 0 Å². The normalized spacial score (nSPS) is 18.5. The van der Waals surface area contributed by atoms with E-state index in [0.29, 0.717) is 0 Å². The largest absolute Gasteiger partial charge is 0.496 e. The zero-order valence-electron chi connectivity index (χ0n) is 19.1. The lowest BCUT2D eigenvalue weighted by atomic mass is 9.79. The van der Waals surface area contributed by atoms with Gasteiger partial charge in [-0.25, -0.2) is 0 Å². The van der Waals surface area contributed by atoms with Gasteiger partial charge in [-0.1, -0.05) is 42.5 Å². The zero-order valence-corrected chi connectivity index (χ0v) is 19.1. The molecule has 166 valence electrons. The molecule has 1 aliphatic heterocycles. The number of ether oxygens (including phenoxy) is 1. The molecule has 4 rings (SSSR count). The van der Waals surface area contributed by atoms with Crippen LogP contribution in [0, 0.1) is 5.41 Å². The fraction of sp³-hybridized carbons (Fsp3) is 0.333. The Balaban J connectivity index is 1.53. The van der Waals surface area contributed by atoms with Crippen molar-refractivity contribution in [2.45, 2.75) is 19.4 Å². The highest BCUT2D eigenvalue weighted by molar-refractivity contribution is 5.83. The van der Waals surface area contributed by atoms with E-state index < -0.39 is 5.41 Å². The Kier molecular flexibility index (Phi) is 6.56. The number of pyridine rings is 1. The van der Waals surface area contributed by atoms with Gasteiger partial charge in [0.1, 0.15) is 5.75 Å². The average Bonchev–Trinajstić information content (AvgIpc) is 3.23. The van der Waals surface area contributed by atoms with Crippen molar-refractivity contribution in [1.82, 2.24) is 14.8 Å². The van der Waals surface area contributed by atoms with E-state index in [9.17, 15) is 4.79 Å². The summed E-state index contributed by atoms with van der Waals surface area (Å²) >= 11 is 0. The van der Waals surface area contributed by atoms with Crippen LogP contribution in [0.1, 0.15) is 17.5 Å². The summed E-state index contributed by atoms with van der Waals surface area (Å²) in [5.41, 5.74) is 4.24. The number of nitrogens with zero attached hydrogens (tertiary/aromatic N) is 3. The molecular weight excluding hydrogens is 398 g/mol. The molecule has 1 atom stereocenters. The molecule has 1 aromatic heterocycles. The first-order valence-electron chi connectivity index (χ1n) is 11.1. The molecule has 32 heavy (non-hydrogen) atoms. The number of benzene rings is 2. The van der Waals surface area contributed by atoms with Crippen LogP contribution >= 0.6 is 0 Å². The first-order valence-corrected chi connectivity index (χ1v) is 11.1. The fourth-order valence-electron chi connectivity index (χ4n) is 4.79. The number of hydrogen-bond acceptors (Lipinski definition) is 4. The van der Waals surface area contributed by atoms with Crippen LogP contribution < -0.4 is 4.74 Å². The van der Waals surface area contributed by atoms with Gasteiger partial charge in [0.2, 0.25) is 5.91 Å². The lowest BCUT2D eigenvalue weighted by Gasteiger charge is -2.31. The van der Waals surface area contributed by atoms with Crippen LogP contribution in [0.2, 0.25) is 0 Å². The molecule has 0 aliphatic carbocycles. The average molecular weight is 430 g/mol. The number of para-hydroxylation sites is 1. The van der Waals surface area contributed by atoms with Crippen molar-refractivity contribution >= 4 is 5.91 Å². The predicted molar refractivity (Wildman–Crippen MR) is 127 cm³/mol. The maximum absolute atomic E-state index is 13.3. The number of rotatable bonds is 7. The van der Waals surface area contributed by atoms with E-state index in [-0.39, 0.29) is 5.91 Å². The minimum Gasteiger partial charge on any atom is -0.496 e. The monoisotopic (exact) mass is 429 g/mol. The summed E-state index contributed by atoms with van der Waals surface area (Å²) in [7, 11) is 5.43. The summed E-state index contributed by atoms with van der Waals surface area (Å²) in [5.74, 6) is 1.11. The van der Waals surface area contributed by atoms with Gasteiger partial charge in [-0.2, -0.15) is 0 Å². The van der Waals surface area contributed by atoms with E-state index in [2.05, 4.69) is 40.2 Å². The molecule has 5 nitrogen and oxygen atoms in total. The molecule has 3 aromatic rings. The Morgan fingerprint density at radius 1 is 1.03 bits per heavy atom. The standard InChI is InChI=1S/C27H31N3O2/c1-29(2)26(31)27(14-17-30(20-27)19-24-6-4-5-7-25(24)32-3)18-21-8-10-22(11-9-21)23-12-15-28-16-13-23/h4-13,15-16H,14,17-20H2,1-3H3. The van der Waals surface area contributed by atoms with Crippen molar-refractivity contribution in [3.63, 3.8) is 0 Å². The number of likely N-dealkylation sites (tertiary alicyclic amines) is 1. The van der Waals surface area contributed by atoms with Gasteiger partial charge in [0.05, 0.1) is 12.5 Å². The van der Waals surface area contributed by atoms with Gasteiger partial charge in [0, 0.05) is 45.1 Å². The molecule has 1 fully saturated rings. The summed E-state index contributed by atoms with van der Waals surface area (Å²) in [6.07, 6.45) is 5.21. The lowest BCUT2D eigenvalue weighted by molar-refractivity contribution is -0.138. The lowest BCUT2D eigenvalue weighted by Crippen LogP contribution is -2.43. The van der Waals surface area contributed by atoms with Crippen LogP contribution in [0.15, 0.2) is 73.1 Å². The summed E-state index contributed by atoms with van der Waals surface area (Å²) in [4.78, 5) is 21.6. The van der Waals surface area contributed by atoms with Gasteiger partial charge in [-0.3, -0.25) is 14.7 Å². The van der Waals surface area contributed by atoms with Gasteiger partial charge >= 0.3 is 0 Å². The van der Waals surface area contributed by atoms with Gasteiger partial charge in [0.15, 0.2) is 0 Å². The van der Waals surface area contributed by atoms with Crippen molar-refractivity contribution in [2.75, 3.05) is 34.3 Å². The van der Waals surface area contributed by atoms with E-state index in [0.717, 1.165) is 54.9 Å². The Morgan fingerprint density at radius 2 is 1.72 bits per heavy atom. The molecule has 2 aromatic carbocycles. The number of aromatic nitrogens is 1. The predicted octanol–water partition coefficient (Wildman–Crippen LogP) is 4.28. The Bertz CT molecular complexity index is 1050. The second-order valence-electron chi connectivity index (χ2n) is 8.86. The molecule has 5 heteroatoms. The highest BCUT2D eigenvalue weighted by atomic mass is 16.5. The highest BCUT2D eigenvalue weighted by Crippen LogP contribution is 2.37. The number of hydrogen-bond donors (Lipinski definition) is 0. The third-order valence-electron chi connectivity index (χ3n) is 6.39. The smallest absolute Gasteiger partial charge is 0.229 e. The van der Waals surface area contributed by atoms with E-state index in [1.165, 1.54) is 5.56 Å². The van der Waals surface area contributed by atoms with Crippen LogP contribution in [0.4, 0.5) is 0 Å². The van der Waals surface area contributed by atoms with Crippen LogP contribution in [0.25, 0.3) is 11.1 Å². The topological polar surface area (TPSA) is 45.7 Å². The molecule has 1 unspecified atom stereocenters. The van der Waals surface area contributed by atoms with Gasteiger partial charge in [-0.15, -0.1) is 0 Å². The van der Waals surface area contributed by atoms with E-state index in [1.807, 2.05) is 56.8 Å². The SMILES string of the molecule is COc1ccccc1CN1CCC(Cc2ccc(-c3ccncc3)cc2)(C(=O)N(C)C)C1. The van der Waals surface area contributed by atoms with E-state index in [1.54, 1.807) is 12.0 Å². The summed E-state index contributed by atoms with van der Waals surface area (Å²) in [6.45, 7) is 2.42. The molecule has 1 aliphatic rings. The van der Waals surface area contributed by atoms with Crippen LogP contribution in [-0.2, 0) is 17.8 Å². The Labute approximate surface area is 190 Å². The van der Waals surface area contributed by atoms with Crippen LogP contribution in [-0.4, -0.2) is 55.0 Å². The van der Waals surface area contributed by atoms with Gasteiger partial charge in [-0.05, 0) is 54.3 Å². The zero-order chi connectivity index (χ0) is 22.6. The molecule has 2 heterocycles. The first kappa shape index (κ1) is 22.0. The van der Waals surface area contributed by atoms with E-state index in [4.69, 9.17) is 4.74 Å². The molecular formula is C27H31N3O2. The third-order valence-corrected chi connectivity index (χ3v) is 6.39. The molecule has 0 spiro atoms. The molecule has 0 bridgehead atoms. The molecule has 0 N–H and O–H groups in total. The minimum atomic E-state index is -0.413. The van der Waals surface area contributed by atoms with Crippen molar-refractivity contribution in [3.05, 3.63) is 84.2 Å². The van der Waals surface area contributed by atoms with Gasteiger partial charge < -0.3 is 9.64 Å². The van der Waals surface area contributed by atoms with Crippen molar-refractivity contribution < 1.29 is 9.53 Å². The molecule has 1 amide bonds.